The maximum atomic E-state index is 13.2. The Labute approximate surface area is 214 Å². The summed E-state index contributed by atoms with van der Waals surface area (Å²) in [7, 11) is 1.26. The zero-order valence-corrected chi connectivity index (χ0v) is 20.1. The zero-order chi connectivity index (χ0) is 26.4. The monoisotopic (exact) mass is 515 g/mol. The van der Waals surface area contributed by atoms with Gasteiger partial charge in [0.05, 0.1) is 17.4 Å². The Morgan fingerprint density at radius 2 is 1.97 bits per heavy atom. The van der Waals surface area contributed by atoms with Gasteiger partial charge in [0.1, 0.15) is 11.7 Å². The first-order chi connectivity index (χ1) is 18.4. The van der Waals surface area contributed by atoms with Gasteiger partial charge < -0.3 is 25.5 Å². The van der Waals surface area contributed by atoms with E-state index in [1.165, 1.54) is 13.2 Å². The van der Waals surface area contributed by atoms with Gasteiger partial charge in [0.15, 0.2) is 5.69 Å². The number of methoxy groups -OCH3 is 1. The van der Waals surface area contributed by atoms with Crippen LogP contribution < -0.4 is 15.1 Å². The number of nitrogens with one attached hydrogen (secondary N) is 2. The van der Waals surface area contributed by atoms with Gasteiger partial charge in [-0.15, -0.1) is 4.85 Å². The van der Waals surface area contributed by atoms with Gasteiger partial charge in [0.25, 0.3) is 5.91 Å². The Kier molecular flexibility index (Phi) is 5.52. The summed E-state index contributed by atoms with van der Waals surface area (Å²) in [5, 5.41) is 36.5. The van der Waals surface area contributed by atoms with Crippen LogP contribution in [0.25, 0.3) is 28.0 Å². The average molecular weight is 515 g/mol. The van der Waals surface area contributed by atoms with Crippen LogP contribution in [0.3, 0.4) is 0 Å². The topological polar surface area (TPSA) is 169 Å². The number of benzene rings is 2. The second-order valence-electron chi connectivity index (χ2n) is 8.85. The highest BCUT2D eigenvalue weighted by Gasteiger charge is 2.39. The summed E-state index contributed by atoms with van der Waals surface area (Å²) in [4.78, 5) is 30.9. The Balaban J connectivity index is 1.28. The largest absolute Gasteiger partial charge is 0.692 e. The smallest absolute Gasteiger partial charge is 0.328 e. The van der Waals surface area contributed by atoms with Gasteiger partial charge >= 0.3 is 17.4 Å². The SMILES string of the molecule is COC(=O)C(Cc1c[nH]c2ccccc12)NC(=O)c1cccc(-n2nc3c([n+]2[O-])CCc2c-3no[n+]2[O-])c1. The Morgan fingerprint density at radius 3 is 2.82 bits per heavy atom. The molecule has 1 aliphatic rings. The van der Waals surface area contributed by atoms with Crippen molar-refractivity contribution in [1.29, 1.82) is 0 Å². The predicted octanol–water partition coefficient (Wildman–Crippen LogP) is 0.888. The van der Waals surface area contributed by atoms with Crippen LogP contribution in [0.15, 0.2) is 59.4 Å². The molecule has 5 aromatic rings. The van der Waals surface area contributed by atoms with Crippen LogP contribution >= 0.6 is 0 Å². The fourth-order valence-electron chi connectivity index (χ4n) is 4.72. The summed E-state index contributed by atoms with van der Waals surface area (Å²) >= 11 is 0. The lowest BCUT2D eigenvalue weighted by Crippen LogP contribution is -2.43. The highest BCUT2D eigenvalue weighted by Crippen LogP contribution is 2.27. The van der Waals surface area contributed by atoms with E-state index in [-0.39, 0.29) is 36.2 Å². The average Bonchev–Trinajstić information content (AvgIpc) is 3.63. The molecule has 6 rings (SSSR count). The minimum atomic E-state index is -0.943. The van der Waals surface area contributed by atoms with Crippen LogP contribution in [0.4, 0.5) is 0 Å². The normalized spacial score (nSPS) is 13.1. The van der Waals surface area contributed by atoms with Gasteiger partial charge in [0.2, 0.25) is 5.69 Å². The van der Waals surface area contributed by atoms with E-state index in [1.807, 2.05) is 24.3 Å². The van der Waals surface area contributed by atoms with Crippen LogP contribution in [0.5, 0.6) is 0 Å². The number of hydrogen-bond donors (Lipinski definition) is 2. The van der Waals surface area contributed by atoms with Crippen LogP contribution in [0.1, 0.15) is 27.3 Å². The number of H-pyrrole nitrogens is 1. The van der Waals surface area contributed by atoms with E-state index in [1.54, 1.807) is 24.4 Å². The van der Waals surface area contributed by atoms with Crippen LogP contribution in [-0.4, -0.2) is 45.1 Å². The summed E-state index contributed by atoms with van der Waals surface area (Å²) in [6, 6.07) is 13.0. The van der Waals surface area contributed by atoms with E-state index in [0.717, 1.165) is 21.3 Å². The number of esters is 1. The number of nitrogens with zero attached hydrogens (tertiary/aromatic N) is 5. The minimum absolute atomic E-state index is 0.211. The van der Waals surface area contributed by atoms with Crippen LogP contribution in [-0.2, 0) is 28.8 Å². The molecule has 0 aliphatic heterocycles. The van der Waals surface area contributed by atoms with Gasteiger partial charge in [-0.05, 0) is 39.5 Å². The zero-order valence-electron chi connectivity index (χ0n) is 20.1. The molecule has 1 unspecified atom stereocenters. The summed E-state index contributed by atoms with van der Waals surface area (Å²) in [6.07, 6.45) is 2.59. The molecule has 0 spiro atoms. The predicted molar refractivity (Wildman–Crippen MR) is 130 cm³/mol. The van der Waals surface area contributed by atoms with E-state index in [0.29, 0.717) is 26.8 Å². The van der Waals surface area contributed by atoms with E-state index in [2.05, 4.69) is 25.2 Å². The number of rotatable bonds is 6. The molecule has 0 saturated carbocycles. The number of carbonyl (C=O) groups is 2. The second-order valence-corrected chi connectivity index (χ2v) is 8.85. The third kappa shape index (κ3) is 3.80. The van der Waals surface area contributed by atoms with Crippen molar-refractivity contribution in [3.63, 3.8) is 0 Å². The van der Waals surface area contributed by atoms with E-state index in [9.17, 15) is 20.0 Å². The molecule has 1 amide bonds. The molecule has 13 heteroatoms. The first kappa shape index (κ1) is 23.2. The second kappa shape index (κ2) is 9.03. The lowest BCUT2D eigenvalue weighted by molar-refractivity contribution is -0.808. The highest BCUT2D eigenvalue weighted by atomic mass is 16.8. The summed E-state index contributed by atoms with van der Waals surface area (Å²) in [5.74, 6) is -1.11. The Morgan fingerprint density at radius 1 is 1.16 bits per heavy atom. The lowest BCUT2D eigenvalue weighted by Gasteiger charge is -2.16. The van der Waals surface area contributed by atoms with E-state index in [4.69, 9.17) is 4.74 Å². The summed E-state index contributed by atoms with van der Waals surface area (Å²) in [6.45, 7) is 0. The highest BCUT2D eigenvalue weighted by molar-refractivity contribution is 5.97. The molecule has 3 aromatic heterocycles. The van der Waals surface area contributed by atoms with E-state index < -0.39 is 17.9 Å². The number of hydrogen-bond acceptors (Lipinski definition) is 8. The molecule has 1 aliphatic carbocycles. The molecule has 192 valence electrons. The fourth-order valence-corrected chi connectivity index (χ4v) is 4.72. The summed E-state index contributed by atoms with van der Waals surface area (Å²) < 4.78 is 9.60. The maximum absolute atomic E-state index is 13.2. The molecule has 0 fully saturated rings. The van der Waals surface area contributed by atoms with Gasteiger partial charge in [-0.3, -0.25) is 9.42 Å². The molecule has 2 aromatic carbocycles. The number of carbonyl (C=O) groups excluding carboxylic acids is 2. The third-order valence-electron chi connectivity index (χ3n) is 6.62. The minimum Gasteiger partial charge on any atom is -0.692 e. The molecule has 13 nitrogen and oxygen atoms in total. The third-order valence-corrected chi connectivity index (χ3v) is 6.62. The first-order valence-corrected chi connectivity index (χ1v) is 11.8. The number of fused-ring (bicyclic) bond motifs is 4. The molecule has 3 heterocycles. The molecular weight excluding hydrogens is 494 g/mol. The Hall–Kier alpha value is -5.20. The lowest BCUT2D eigenvalue weighted by atomic mass is 10.0. The van der Waals surface area contributed by atoms with Crippen molar-refractivity contribution in [2.75, 3.05) is 7.11 Å². The standard InChI is InChI=1S/C25H21N7O6/c1-37-25(34)19(12-15-13-26-18-8-3-2-7-17(15)18)27-24(33)14-5-4-6-16(11-14)30-28-22-20(31(30)35)9-10-21-23(22)29-38-32(21)36/h2-8,11,13,19,26H,9-10,12H2,1H3,(H,27,33). The van der Waals surface area contributed by atoms with E-state index >= 15 is 0 Å². The van der Waals surface area contributed by atoms with Crippen molar-refractivity contribution in [1.82, 2.24) is 25.4 Å². The maximum Gasteiger partial charge on any atom is 0.328 e. The number of aromatic nitrogens is 6. The number of aromatic amines is 1. The van der Waals surface area contributed by atoms with Gasteiger partial charge in [0, 0.05) is 41.9 Å². The van der Waals surface area contributed by atoms with Crippen molar-refractivity contribution in [2.24, 2.45) is 0 Å². The Bertz CT molecular complexity index is 1700. The first-order valence-electron chi connectivity index (χ1n) is 11.8. The van der Waals surface area contributed by atoms with Gasteiger partial charge in [-0.2, -0.15) is 0 Å². The molecule has 1 atom stereocenters. The van der Waals surface area contributed by atoms with Crippen molar-refractivity contribution in [2.45, 2.75) is 25.3 Å². The quantitative estimate of drug-likeness (QED) is 0.191. The van der Waals surface area contributed by atoms with Crippen molar-refractivity contribution in [3.8, 4) is 17.1 Å². The van der Waals surface area contributed by atoms with Gasteiger partial charge in [-0.1, -0.05) is 24.3 Å². The summed E-state index contributed by atoms with van der Waals surface area (Å²) in [5.41, 5.74) is 3.41. The molecule has 0 bridgehead atoms. The number of ether oxygens (including phenoxy) is 1. The van der Waals surface area contributed by atoms with Crippen molar-refractivity contribution >= 4 is 22.8 Å². The molecule has 38 heavy (non-hydrogen) atoms. The van der Waals surface area contributed by atoms with Crippen LogP contribution in [0.2, 0.25) is 0 Å². The molecule has 0 radical (unpaired) electrons. The number of amides is 1. The van der Waals surface area contributed by atoms with Crippen LogP contribution in [0, 0.1) is 10.4 Å². The van der Waals surface area contributed by atoms with Crippen molar-refractivity contribution in [3.05, 3.63) is 87.7 Å². The molecular formula is C25H21N7O6. The molecule has 2 N–H and O–H groups in total. The van der Waals surface area contributed by atoms with Gasteiger partial charge in [-0.25, -0.2) is 4.79 Å². The molecule has 0 saturated heterocycles. The fraction of sp³-hybridized carbons (Fsp3) is 0.200. The van der Waals surface area contributed by atoms with Crippen molar-refractivity contribution < 1.29 is 28.7 Å². The number of para-hydroxylation sites is 1.